The van der Waals surface area contributed by atoms with Gasteiger partial charge in [-0.2, -0.15) is 5.10 Å². The van der Waals surface area contributed by atoms with E-state index in [0.717, 1.165) is 37.5 Å². The highest BCUT2D eigenvalue weighted by Crippen LogP contribution is 2.11. The van der Waals surface area contributed by atoms with E-state index in [0.29, 0.717) is 0 Å². The molecule has 0 bridgehead atoms. The summed E-state index contributed by atoms with van der Waals surface area (Å²) in [6.45, 7) is 6.92. The summed E-state index contributed by atoms with van der Waals surface area (Å²) in [7, 11) is 1.68. The van der Waals surface area contributed by atoms with Crippen molar-refractivity contribution < 1.29 is 4.74 Å². The molecule has 4 nitrogen and oxygen atoms in total. The third kappa shape index (κ3) is 3.84. The fourth-order valence-electron chi connectivity index (χ4n) is 2.16. The van der Waals surface area contributed by atoms with Crippen LogP contribution in [-0.4, -0.2) is 16.9 Å². The second kappa shape index (κ2) is 7.10. The Labute approximate surface area is 120 Å². The van der Waals surface area contributed by atoms with Crippen molar-refractivity contribution in [1.82, 2.24) is 15.1 Å². The normalized spacial score (nSPS) is 10.8. The van der Waals surface area contributed by atoms with Crippen molar-refractivity contribution >= 4 is 0 Å². The van der Waals surface area contributed by atoms with Crippen LogP contribution in [0.2, 0.25) is 0 Å². The Balaban J connectivity index is 1.85. The van der Waals surface area contributed by atoms with E-state index < -0.39 is 0 Å². The highest BCUT2D eigenvalue weighted by Gasteiger charge is 2.04. The van der Waals surface area contributed by atoms with Gasteiger partial charge in [0.1, 0.15) is 5.75 Å². The molecule has 1 N–H and O–H groups in total. The summed E-state index contributed by atoms with van der Waals surface area (Å²) in [4.78, 5) is 0. The number of hydrogen-bond acceptors (Lipinski definition) is 3. The van der Waals surface area contributed by atoms with E-state index in [1.165, 1.54) is 11.1 Å². The molecule has 4 heteroatoms. The highest BCUT2D eigenvalue weighted by molar-refractivity contribution is 5.27. The lowest BCUT2D eigenvalue weighted by Gasteiger charge is -2.05. The Hall–Kier alpha value is -1.81. The minimum absolute atomic E-state index is 0.849. The molecule has 2 aromatic rings. The number of aryl methyl sites for hydroxylation is 2. The second-order valence-corrected chi connectivity index (χ2v) is 4.95. The molecule has 0 atom stereocenters. The van der Waals surface area contributed by atoms with Crippen molar-refractivity contribution in [3.05, 3.63) is 47.3 Å². The molecule has 1 aromatic heterocycles. The second-order valence-electron chi connectivity index (χ2n) is 4.95. The number of hydrogen-bond donors (Lipinski definition) is 1. The Morgan fingerprint density at radius 3 is 2.60 bits per heavy atom. The van der Waals surface area contributed by atoms with E-state index in [2.05, 4.69) is 42.6 Å². The van der Waals surface area contributed by atoms with Gasteiger partial charge in [-0.05, 0) is 31.0 Å². The quantitative estimate of drug-likeness (QED) is 0.843. The van der Waals surface area contributed by atoms with Crippen molar-refractivity contribution in [2.24, 2.45) is 0 Å². The molecule has 0 fully saturated rings. The number of benzene rings is 1. The van der Waals surface area contributed by atoms with E-state index >= 15 is 0 Å². The fourth-order valence-corrected chi connectivity index (χ4v) is 2.16. The zero-order chi connectivity index (χ0) is 14.4. The summed E-state index contributed by atoms with van der Waals surface area (Å²) in [5, 5.41) is 7.97. The Bertz CT molecular complexity index is 531. The maximum Gasteiger partial charge on any atom is 0.118 e. The molecule has 20 heavy (non-hydrogen) atoms. The Kier molecular flexibility index (Phi) is 5.18. The average Bonchev–Trinajstić information content (AvgIpc) is 2.80. The summed E-state index contributed by atoms with van der Waals surface area (Å²) in [5.74, 6) is 0.894. The highest BCUT2D eigenvalue weighted by atomic mass is 16.5. The van der Waals surface area contributed by atoms with Crippen molar-refractivity contribution in [1.29, 1.82) is 0 Å². The largest absolute Gasteiger partial charge is 0.497 e. The first-order valence-corrected chi connectivity index (χ1v) is 7.09. The Morgan fingerprint density at radius 2 is 1.95 bits per heavy atom. The van der Waals surface area contributed by atoms with Gasteiger partial charge < -0.3 is 10.1 Å². The van der Waals surface area contributed by atoms with Gasteiger partial charge in [0, 0.05) is 31.4 Å². The molecule has 0 aliphatic rings. The van der Waals surface area contributed by atoms with Gasteiger partial charge in [0.15, 0.2) is 0 Å². The van der Waals surface area contributed by atoms with Crippen LogP contribution >= 0.6 is 0 Å². The molecule has 2 rings (SSSR count). The van der Waals surface area contributed by atoms with Gasteiger partial charge in [-0.1, -0.05) is 19.1 Å². The third-order valence-electron chi connectivity index (χ3n) is 3.30. The maximum atomic E-state index is 5.15. The van der Waals surface area contributed by atoms with Crippen molar-refractivity contribution in [3.63, 3.8) is 0 Å². The van der Waals surface area contributed by atoms with Gasteiger partial charge in [0.2, 0.25) is 0 Å². The minimum Gasteiger partial charge on any atom is -0.497 e. The molecule has 0 saturated carbocycles. The molecule has 0 unspecified atom stereocenters. The third-order valence-corrected chi connectivity index (χ3v) is 3.30. The Morgan fingerprint density at radius 1 is 1.20 bits per heavy atom. The van der Waals surface area contributed by atoms with Crippen LogP contribution in [-0.2, 0) is 19.6 Å². The van der Waals surface area contributed by atoms with E-state index in [1.54, 1.807) is 7.11 Å². The first-order valence-electron chi connectivity index (χ1n) is 7.09. The molecule has 0 aliphatic carbocycles. The minimum atomic E-state index is 0.849. The van der Waals surface area contributed by atoms with E-state index in [1.807, 2.05) is 16.8 Å². The first kappa shape index (κ1) is 14.6. The van der Waals surface area contributed by atoms with Gasteiger partial charge in [-0.3, -0.25) is 4.68 Å². The lowest BCUT2D eigenvalue weighted by Crippen LogP contribution is -2.12. The lowest BCUT2D eigenvalue weighted by atomic mass is 10.2. The molecule has 0 spiro atoms. The van der Waals surface area contributed by atoms with Gasteiger partial charge in [0.25, 0.3) is 0 Å². The fraction of sp³-hybridized carbons (Fsp3) is 0.438. The standard InChI is InChI=1S/C16H23N3O/c1-4-9-19-12-15(13(2)18-19)11-17-10-14-5-7-16(20-3)8-6-14/h5-8,12,17H,4,9-11H2,1-3H3. The summed E-state index contributed by atoms with van der Waals surface area (Å²) >= 11 is 0. The van der Waals surface area contributed by atoms with Crippen LogP contribution in [0, 0.1) is 6.92 Å². The van der Waals surface area contributed by atoms with Crippen LogP contribution in [0.3, 0.4) is 0 Å². The predicted octanol–water partition coefficient (Wildman–Crippen LogP) is 2.90. The smallest absolute Gasteiger partial charge is 0.118 e. The van der Waals surface area contributed by atoms with Crippen molar-refractivity contribution in [3.8, 4) is 5.75 Å². The molecular weight excluding hydrogens is 250 g/mol. The molecular formula is C16H23N3O. The van der Waals surface area contributed by atoms with Crippen LogP contribution < -0.4 is 10.1 Å². The molecule has 108 valence electrons. The number of nitrogens with zero attached hydrogens (tertiary/aromatic N) is 2. The summed E-state index contributed by atoms with van der Waals surface area (Å²) in [6, 6.07) is 8.14. The lowest BCUT2D eigenvalue weighted by molar-refractivity contribution is 0.414. The molecule has 1 heterocycles. The van der Waals surface area contributed by atoms with E-state index in [4.69, 9.17) is 4.74 Å². The number of ether oxygens (including phenoxy) is 1. The van der Waals surface area contributed by atoms with Gasteiger partial charge >= 0.3 is 0 Å². The zero-order valence-electron chi connectivity index (χ0n) is 12.5. The molecule has 0 amide bonds. The molecule has 0 radical (unpaired) electrons. The van der Waals surface area contributed by atoms with Crippen LogP contribution in [0.4, 0.5) is 0 Å². The topological polar surface area (TPSA) is 39.1 Å². The first-order chi connectivity index (χ1) is 9.72. The monoisotopic (exact) mass is 273 g/mol. The average molecular weight is 273 g/mol. The number of methoxy groups -OCH3 is 1. The van der Waals surface area contributed by atoms with Crippen molar-refractivity contribution in [2.45, 2.75) is 39.9 Å². The summed E-state index contributed by atoms with van der Waals surface area (Å²) < 4.78 is 7.18. The van der Waals surface area contributed by atoms with Gasteiger partial charge in [-0.15, -0.1) is 0 Å². The summed E-state index contributed by atoms with van der Waals surface area (Å²) in [6.07, 6.45) is 3.25. The predicted molar refractivity (Wildman–Crippen MR) is 80.8 cm³/mol. The molecule has 0 aliphatic heterocycles. The molecule has 1 aromatic carbocycles. The van der Waals surface area contributed by atoms with Crippen LogP contribution in [0.15, 0.2) is 30.5 Å². The maximum absolute atomic E-state index is 5.15. The van der Waals surface area contributed by atoms with Crippen molar-refractivity contribution in [2.75, 3.05) is 7.11 Å². The number of rotatable bonds is 7. The number of aromatic nitrogens is 2. The van der Waals surface area contributed by atoms with E-state index in [-0.39, 0.29) is 0 Å². The molecule has 0 saturated heterocycles. The van der Waals surface area contributed by atoms with Crippen LogP contribution in [0.5, 0.6) is 5.75 Å². The van der Waals surface area contributed by atoms with Gasteiger partial charge in [-0.25, -0.2) is 0 Å². The number of nitrogens with one attached hydrogen (secondary N) is 1. The zero-order valence-corrected chi connectivity index (χ0v) is 12.5. The SMILES string of the molecule is CCCn1cc(CNCc2ccc(OC)cc2)c(C)n1. The van der Waals surface area contributed by atoms with Crippen LogP contribution in [0.1, 0.15) is 30.2 Å². The van der Waals surface area contributed by atoms with Crippen LogP contribution in [0.25, 0.3) is 0 Å². The summed E-state index contributed by atoms with van der Waals surface area (Å²) in [5.41, 5.74) is 3.64. The van der Waals surface area contributed by atoms with E-state index in [9.17, 15) is 0 Å². The van der Waals surface area contributed by atoms with Gasteiger partial charge in [0.05, 0.1) is 12.8 Å².